The smallest absolute Gasteiger partial charge is 0.0933 e. The van der Waals surface area contributed by atoms with Crippen molar-refractivity contribution in [2.75, 3.05) is 6.16 Å². The summed E-state index contributed by atoms with van der Waals surface area (Å²) in [7, 11) is 5.10. The zero-order valence-corrected chi connectivity index (χ0v) is 29.1. The summed E-state index contributed by atoms with van der Waals surface area (Å²) >= 11 is 0. The van der Waals surface area contributed by atoms with Crippen LogP contribution in [0.15, 0.2) is 96.1 Å². The number of hydrogen-bond acceptors (Lipinski definition) is 2. The van der Waals surface area contributed by atoms with Gasteiger partial charge in [0.05, 0.1) is 35.7 Å². The zero-order chi connectivity index (χ0) is 29.6. The number of hydrogen-bond donors (Lipinski definition) is 0. The average molecular weight is 619 g/mol. The summed E-state index contributed by atoms with van der Waals surface area (Å²) in [6, 6.07) is 26.2. The van der Waals surface area contributed by atoms with E-state index in [0.29, 0.717) is 5.54 Å². The molecule has 4 bridgehead atoms. The molecule has 0 aliphatic heterocycles. The SMILES string of the molecule is C[Si](C)(C)C1C=C(C(P)(c2ccc3ccccc3n2)c2ccc3ccccc3n2)C(C2(CP)C3CC4CC(C3)CC2C4)=C1. The minimum Gasteiger partial charge on any atom is -0.251 e. The van der Waals surface area contributed by atoms with Gasteiger partial charge in [-0.1, -0.05) is 80.3 Å². The summed E-state index contributed by atoms with van der Waals surface area (Å²) in [5.74, 6) is 3.44. The molecule has 4 aromatic rings. The van der Waals surface area contributed by atoms with Gasteiger partial charge in [0.15, 0.2) is 0 Å². The number of benzene rings is 2. The highest BCUT2D eigenvalue weighted by molar-refractivity contribution is 7.19. The summed E-state index contributed by atoms with van der Waals surface area (Å²) in [5, 5.41) is 1.82. The van der Waals surface area contributed by atoms with Crippen LogP contribution in [0.3, 0.4) is 0 Å². The molecule has 0 amide bonds. The Balaban J connectivity index is 1.38. The van der Waals surface area contributed by atoms with Gasteiger partial charge >= 0.3 is 0 Å². The molecule has 2 nitrogen and oxygen atoms in total. The first-order valence-corrected chi connectivity index (χ1v) is 21.3. The van der Waals surface area contributed by atoms with Crippen molar-refractivity contribution in [1.82, 2.24) is 9.97 Å². The average Bonchev–Trinajstić information content (AvgIpc) is 3.48. The molecule has 4 fully saturated rings. The van der Waals surface area contributed by atoms with Crippen LogP contribution in [0.1, 0.15) is 43.5 Å². The van der Waals surface area contributed by atoms with Crippen LogP contribution in [0.25, 0.3) is 21.8 Å². The van der Waals surface area contributed by atoms with E-state index in [1.807, 2.05) is 0 Å². The first-order valence-electron chi connectivity index (χ1n) is 16.4. The van der Waals surface area contributed by atoms with Crippen LogP contribution in [0.4, 0.5) is 0 Å². The van der Waals surface area contributed by atoms with Gasteiger partial charge in [-0.15, -0.1) is 18.5 Å². The van der Waals surface area contributed by atoms with E-state index in [0.717, 1.165) is 52.3 Å². The Morgan fingerprint density at radius 1 is 0.721 bits per heavy atom. The van der Waals surface area contributed by atoms with Crippen LogP contribution in [0.2, 0.25) is 25.2 Å². The van der Waals surface area contributed by atoms with E-state index in [1.165, 1.54) is 48.4 Å². The molecule has 5 aliphatic carbocycles. The van der Waals surface area contributed by atoms with Gasteiger partial charge in [0, 0.05) is 16.2 Å². The van der Waals surface area contributed by atoms with Gasteiger partial charge in [-0.25, -0.2) is 0 Å². The Morgan fingerprint density at radius 3 is 1.72 bits per heavy atom. The van der Waals surface area contributed by atoms with Crippen molar-refractivity contribution in [3.63, 3.8) is 0 Å². The quantitative estimate of drug-likeness (QED) is 0.159. The lowest BCUT2D eigenvalue weighted by Crippen LogP contribution is -2.55. The van der Waals surface area contributed by atoms with E-state index in [-0.39, 0.29) is 5.41 Å². The number of para-hydroxylation sites is 2. The highest BCUT2D eigenvalue weighted by Gasteiger charge is 2.60. The number of rotatable bonds is 6. The first-order chi connectivity index (χ1) is 20.7. The van der Waals surface area contributed by atoms with E-state index in [9.17, 15) is 0 Å². The second-order valence-corrected chi connectivity index (χ2v) is 21.9. The monoisotopic (exact) mass is 618 g/mol. The van der Waals surface area contributed by atoms with Crippen molar-refractivity contribution in [2.45, 2.75) is 62.4 Å². The lowest BCUT2D eigenvalue weighted by Gasteiger charge is -2.62. The predicted octanol–water partition coefficient (Wildman–Crippen LogP) is 9.79. The Hall–Kier alpha value is -2.18. The molecule has 2 aromatic heterocycles. The van der Waals surface area contributed by atoms with E-state index in [2.05, 4.69) is 123 Å². The molecule has 3 unspecified atom stereocenters. The van der Waals surface area contributed by atoms with Gasteiger partial charge in [0.2, 0.25) is 0 Å². The standard InChI is InChI=1S/C38H44N2P2Si/c1-43(2,3)30-21-31(37(23-41)28-17-24-16-25(19-28)20-29(37)18-24)32(22-30)38(42,35-14-12-26-8-4-6-10-33(26)39-35)36-15-13-27-9-5-7-11-34(27)40-36/h4-15,21-22,24-25,28-30H,16-20,23,41-42H2,1-3H3. The van der Waals surface area contributed by atoms with E-state index < -0.39 is 13.2 Å². The number of allylic oxidation sites excluding steroid dienone is 4. The highest BCUT2D eigenvalue weighted by atomic mass is 31.0. The van der Waals surface area contributed by atoms with E-state index in [4.69, 9.17) is 9.97 Å². The lowest BCUT2D eigenvalue weighted by molar-refractivity contribution is -0.0735. The van der Waals surface area contributed by atoms with Crippen LogP contribution in [-0.2, 0) is 5.16 Å². The molecule has 2 heterocycles. The third-order valence-electron chi connectivity index (χ3n) is 11.8. The van der Waals surface area contributed by atoms with Crippen molar-refractivity contribution in [2.24, 2.45) is 29.1 Å². The Bertz CT molecular complexity index is 1690. The van der Waals surface area contributed by atoms with Crippen molar-refractivity contribution < 1.29 is 0 Å². The predicted molar refractivity (Wildman–Crippen MR) is 191 cm³/mol. The number of pyridine rings is 2. The lowest BCUT2D eigenvalue weighted by atomic mass is 9.43. The maximum atomic E-state index is 5.43. The summed E-state index contributed by atoms with van der Waals surface area (Å²) in [6.45, 7) is 7.63. The van der Waals surface area contributed by atoms with Crippen molar-refractivity contribution in [1.29, 1.82) is 0 Å². The Morgan fingerprint density at radius 2 is 1.23 bits per heavy atom. The summed E-state index contributed by atoms with van der Waals surface area (Å²) in [5.41, 5.74) is 8.08. The van der Waals surface area contributed by atoms with Crippen molar-refractivity contribution in [3.05, 3.63) is 107 Å². The number of nitrogens with zero attached hydrogens (tertiary/aromatic N) is 2. The molecule has 5 heteroatoms. The van der Waals surface area contributed by atoms with Crippen LogP contribution >= 0.6 is 18.5 Å². The second kappa shape index (κ2) is 10.2. The molecule has 4 saturated carbocycles. The van der Waals surface area contributed by atoms with Gasteiger partial charge in [-0.05, 0) is 103 Å². The fourth-order valence-corrected chi connectivity index (χ4v) is 12.5. The van der Waals surface area contributed by atoms with Crippen molar-refractivity contribution >= 4 is 48.4 Å². The highest BCUT2D eigenvalue weighted by Crippen LogP contribution is 2.69. The largest absolute Gasteiger partial charge is 0.251 e. The third kappa shape index (κ3) is 4.32. The van der Waals surface area contributed by atoms with Crippen LogP contribution in [0.5, 0.6) is 0 Å². The first kappa shape index (κ1) is 28.3. The minimum atomic E-state index is -1.54. The molecule has 0 N–H and O–H groups in total. The third-order valence-corrected chi connectivity index (χ3v) is 15.8. The van der Waals surface area contributed by atoms with Gasteiger partial charge in [0.1, 0.15) is 0 Å². The van der Waals surface area contributed by atoms with Gasteiger partial charge in [0.25, 0.3) is 0 Å². The molecule has 0 radical (unpaired) electrons. The molecule has 3 atom stereocenters. The zero-order valence-electron chi connectivity index (χ0n) is 25.8. The van der Waals surface area contributed by atoms with Crippen LogP contribution in [-0.4, -0.2) is 24.2 Å². The summed E-state index contributed by atoms with van der Waals surface area (Å²) in [4.78, 5) is 10.9. The number of aromatic nitrogens is 2. The second-order valence-electron chi connectivity index (χ2n) is 15.2. The van der Waals surface area contributed by atoms with Crippen molar-refractivity contribution in [3.8, 4) is 0 Å². The van der Waals surface area contributed by atoms with E-state index in [1.54, 1.807) is 5.57 Å². The molecule has 2 aromatic carbocycles. The molecule has 9 rings (SSSR count). The minimum absolute atomic E-state index is 0.216. The number of fused-ring (bicyclic) bond motifs is 2. The summed E-state index contributed by atoms with van der Waals surface area (Å²) < 4.78 is 0. The fraction of sp³-hybridized carbons (Fsp3) is 0.421. The Kier molecular flexibility index (Phi) is 6.69. The van der Waals surface area contributed by atoms with Gasteiger partial charge < -0.3 is 0 Å². The van der Waals surface area contributed by atoms with E-state index >= 15 is 0 Å². The molecule has 5 aliphatic rings. The normalized spacial score (nSPS) is 30.2. The van der Waals surface area contributed by atoms with Crippen LogP contribution < -0.4 is 0 Å². The maximum Gasteiger partial charge on any atom is 0.0933 e. The maximum absolute atomic E-state index is 5.43. The fourth-order valence-electron chi connectivity index (χ4n) is 9.72. The topological polar surface area (TPSA) is 25.8 Å². The molecular formula is C38H44N2P2Si. The molecule has 220 valence electrons. The van der Waals surface area contributed by atoms with Gasteiger partial charge in [-0.2, -0.15) is 0 Å². The summed E-state index contributed by atoms with van der Waals surface area (Å²) in [6.07, 6.45) is 13.7. The molecule has 0 saturated heterocycles. The molecule has 43 heavy (non-hydrogen) atoms. The molecular weight excluding hydrogens is 574 g/mol. The van der Waals surface area contributed by atoms with Gasteiger partial charge in [-0.3, -0.25) is 9.97 Å². The van der Waals surface area contributed by atoms with Crippen LogP contribution in [0, 0.1) is 29.1 Å². The molecule has 0 spiro atoms. The Labute approximate surface area is 262 Å².